The first-order chi connectivity index (χ1) is 11.5. The molecular formula is C16H14N4O4. The van der Waals surface area contributed by atoms with E-state index in [1.165, 1.54) is 24.4 Å². The number of aryl methyl sites for hydroxylation is 1. The van der Waals surface area contributed by atoms with Crippen LogP contribution in [0.3, 0.4) is 0 Å². The maximum atomic E-state index is 11.7. The van der Waals surface area contributed by atoms with Crippen LogP contribution in [0.25, 0.3) is 0 Å². The van der Waals surface area contributed by atoms with Gasteiger partial charge in [-0.3, -0.25) is 19.7 Å². The predicted octanol–water partition coefficient (Wildman–Crippen LogP) is 1.99. The maximum Gasteiger partial charge on any atom is 0.329 e. The first-order valence-corrected chi connectivity index (χ1v) is 6.91. The Balaban J connectivity index is 1.92. The van der Waals surface area contributed by atoms with Gasteiger partial charge in [-0.1, -0.05) is 29.8 Å². The van der Waals surface area contributed by atoms with Crippen LogP contribution in [-0.2, 0) is 9.59 Å². The van der Waals surface area contributed by atoms with Crippen molar-refractivity contribution in [2.45, 2.75) is 6.92 Å². The Labute approximate surface area is 137 Å². The zero-order valence-corrected chi connectivity index (χ0v) is 12.7. The van der Waals surface area contributed by atoms with Crippen LogP contribution in [0.2, 0.25) is 0 Å². The molecule has 0 saturated carbocycles. The van der Waals surface area contributed by atoms with E-state index in [9.17, 15) is 19.7 Å². The number of nitrogens with zero attached hydrogens (tertiary/aromatic N) is 2. The van der Waals surface area contributed by atoms with Crippen LogP contribution in [0.4, 0.5) is 11.4 Å². The molecule has 122 valence electrons. The molecule has 2 N–H and O–H groups in total. The van der Waals surface area contributed by atoms with Crippen LogP contribution in [0.1, 0.15) is 11.1 Å². The van der Waals surface area contributed by atoms with Gasteiger partial charge in [0.1, 0.15) is 0 Å². The van der Waals surface area contributed by atoms with Gasteiger partial charge in [0, 0.05) is 23.4 Å². The van der Waals surface area contributed by atoms with Crippen molar-refractivity contribution in [2.75, 3.05) is 5.32 Å². The molecule has 0 aliphatic heterocycles. The van der Waals surface area contributed by atoms with Gasteiger partial charge in [-0.05, 0) is 19.1 Å². The van der Waals surface area contributed by atoms with E-state index < -0.39 is 16.7 Å². The molecule has 0 aliphatic rings. The molecular weight excluding hydrogens is 312 g/mol. The number of nitrogens with one attached hydrogen (secondary N) is 2. The second kappa shape index (κ2) is 7.63. The fourth-order valence-corrected chi connectivity index (χ4v) is 1.76. The third-order valence-corrected chi connectivity index (χ3v) is 2.98. The minimum atomic E-state index is -0.947. The van der Waals surface area contributed by atoms with Gasteiger partial charge in [0.05, 0.1) is 11.1 Å². The van der Waals surface area contributed by atoms with Crippen molar-refractivity contribution in [3.8, 4) is 0 Å². The Hall–Kier alpha value is -3.55. The zero-order chi connectivity index (χ0) is 17.5. The van der Waals surface area contributed by atoms with E-state index in [-0.39, 0.29) is 5.69 Å². The monoisotopic (exact) mass is 326 g/mol. The fourth-order valence-electron chi connectivity index (χ4n) is 1.76. The fraction of sp³-hybridized carbons (Fsp3) is 0.0625. The molecule has 0 spiro atoms. The highest BCUT2D eigenvalue weighted by molar-refractivity contribution is 6.39. The van der Waals surface area contributed by atoms with Gasteiger partial charge in [0.25, 0.3) is 5.69 Å². The zero-order valence-electron chi connectivity index (χ0n) is 12.7. The Kier molecular flexibility index (Phi) is 5.35. The average molecular weight is 326 g/mol. The SMILES string of the molecule is Cc1ccc(NC(=O)C(=O)N/N=C/c2cccc([N+](=O)[O-])c2)cc1. The van der Waals surface area contributed by atoms with Crippen molar-refractivity contribution in [2.24, 2.45) is 5.10 Å². The number of amides is 2. The van der Waals surface area contributed by atoms with E-state index in [0.717, 1.165) is 5.56 Å². The number of non-ortho nitro benzene ring substituents is 1. The lowest BCUT2D eigenvalue weighted by molar-refractivity contribution is -0.384. The molecule has 2 aromatic carbocycles. The highest BCUT2D eigenvalue weighted by Crippen LogP contribution is 2.11. The van der Waals surface area contributed by atoms with Crippen molar-refractivity contribution in [3.63, 3.8) is 0 Å². The van der Waals surface area contributed by atoms with Gasteiger partial charge in [-0.2, -0.15) is 5.10 Å². The van der Waals surface area contributed by atoms with Gasteiger partial charge in [0.15, 0.2) is 0 Å². The first kappa shape index (κ1) is 16.8. The average Bonchev–Trinajstić information content (AvgIpc) is 2.57. The highest BCUT2D eigenvalue weighted by Gasteiger charge is 2.12. The minimum Gasteiger partial charge on any atom is -0.318 e. The Morgan fingerprint density at radius 2 is 1.83 bits per heavy atom. The summed E-state index contributed by atoms with van der Waals surface area (Å²) in [5.41, 5.74) is 3.90. The van der Waals surface area contributed by atoms with E-state index in [1.807, 2.05) is 6.92 Å². The third kappa shape index (κ3) is 4.73. The standard InChI is InChI=1S/C16H14N4O4/c1-11-5-7-13(8-6-11)18-15(21)16(22)19-17-10-12-3-2-4-14(9-12)20(23)24/h2-10H,1H3,(H,18,21)(H,19,22)/b17-10+. The lowest BCUT2D eigenvalue weighted by atomic mass is 10.2. The van der Waals surface area contributed by atoms with Crippen LogP contribution in [0.15, 0.2) is 53.6 Å². The summed E-state index contributed by atoms with van der Waals surface area (Å²) in [5, 5.41) is 16.7. The Bertz CT molecular complexity index is 800. The van der Waals surface area contributed by atoms with Crippen molar-refractivity contribution in [1.29, 1.82) is 0 Å². The van der Waals surface area contributed by atoms with Gasteiger partial charge in [-0.15, -0.1) is 0 Å². The van der Waals surface area contributed by atoms with Gasteiger partial charge >= 0.3 is 11.8 Å². The molecule has 0 saturated heterocycles. The number of carbonyl (C=O) groups excluding carboxylic acids is 2. The molecule has 0 aromatic heterocycles. The minimum absolute atomic E-state index is 0.0950. The van der Waals surface area contributed by atoms with E-state index in [2.05, 4.69) is 15.8 Å². The molecule has 2 aromatic rings. The molecule has 0 heterocycles. The molecule has 24 heavy (non-hydrogen) atoms. The van der Waals surface area contributed by atoms with Crippen molar-refractivity contribution in [1.82, 2.24) is 5.43 Å². The van der Waals surface area contributed by atoms with Crippen molar-refractivity contribution in [3.05, 3.63) is 69.8 Å². The number of benzene rings is 2. The second-order valence-corrected chi connectivity index (χ2v) is 4.87. The highest BCUT2D eigenvalue weighted by atomic mass is 16.6. The predicted molar refractivity (Wildman–Crippen MR) is 88.6 cm³/mol. The molecule has 0 aliphatic carbocycles. The van der Waals surface area contributed by atoms with E-state index in [1.54, 1.807) is 30.3 Å². The Morgan fingerprint density at radius 1 is 1.12 bits per heavy atom. The number of hydrogen-bond donors (Lipinski definition) is 2. The number of hydrazone groups is 1. The molecule has 0 bridgehead atoms. The maximum absolute atomic E-state index is 11.7. The number of carbonyl (C=O) groups is 2. The quantitative estimate of drug-likeness (QED) is 0.387. The summed E-state index contributed by atoms with van der Waals surface area (Å²) in [4.78, 5) is 33.5. The first-order valence-electron chi connectivity index (χ1n) is 6.91. The summed E-state index contributed by atoms with van der Waals surface area (Å²) >= 11 is 0. The molecule has 0 fully saturated rings. The number of hydrogen-bond acceptors (Lipinski definition) is 5. The van der Waals surface area contributed by atoms with Crippen LogP contribution >= 0.6 is 0 Å². The van der Waals surface area contributed by atoms with Crippen molar-refractivity contribution < 1.29 is 14.5 Å². The van der Waals surface area contributed by atoms with Gasteiger partial charge in [-0.25, -0.2) is 5.43 Å². The van der Waals surface area contributed by atoms with Crippen LogP contribution in [-0.4, -0.2) is 23.0 Å². The smallest absolute Gasteiger partial charge is 0.318 e. The Morgan fingerprint density at radius 3 is 2.50 bits per heavy atom. The van der Waals surface area contributed by atoms with E-state index >= 15 is 0 Å². The largest absolute Gasteiger partial charge is 0.329 e. The summed E-state index contributed by atoms with van der Waals surface area (Å²) in [6.07, 6.45) is 1.21. The lowest BCUT2D eigenvalue weighted by Gasteiger charge is -2.04. The molecule has 2 amide bonds. The van der Waals surface area contributed by atoms with Crippen LogP contribution in [0, 0.1) is 17.0 Å². The van der Waals surface area contributed by atoms with Gasteiger partial charge < -0.3 is 5.32 Å². The van der Waals surface area contributed by atoms with E-state index in [0.29, 0.717) is 11.3 Å². The summed E-state index contributed by atoms with van der Waals surface area (Å²) in [7, 11) is 0. The van der Waals surface area contributed by atoms with Gasteiger partial charge in [0.2, 0.25) is 0 Å². The summed E-state index contributed by atoms with van der Waals surface area (Å²) in [5.74, 6) is -1.81. The molecule has 2 rings (SSSR count). The van der Waals surface area contributed by atoms with Crippen molar-refractivity contribution >= 4 is 29.4 Å². The molecule has 8 nitrogen and oxygen atoms in total. The number of rotatable bonds is 4. The summed E-state index contributed by atoms with van der Waals surface area (Å²) in [6.45, 7) is 1.90. The van der Waals surface area contributed by atoms with E-state index in [4.69, 9.17) is 0 Å². The third-order valence-electron chi connectivity index (χ3n) is 2.98. The lowest BCUT2D eigenvalue weighted by Crippen LogP contribution is -2.32. The molecule has 8 heteroatoms. The molecule has 0 radical (unpaired) electrons. The number of anilines is 1. The number of nitro groups is 1. The second-order valence-electron chi connectivity index (χ2n) is 4.87. The summed E-state index contributed by atoms with van der Waals surface area (Å²) < 4.78 is 0. The number of nitro benzene ring substituents is 1. The normalized spacial score (nSPS) is 10.4. The van der Waals surface area contributed by atoms with Crippen LogP contribution in [0.5, 0.6) is 0 Å². The molecule has 0 atom stereocenters. The van der Waals surface area contributed by atoms with Crippen LogP contribution < -0.4 is 10.7 Å². The molecule has 0 unspecified atom stereocenters. The topological polar surface area (TPSA) is 114 Å². The summed E-state index contributed by atoms with van der Waals surface area (Å²) in [6, 6.07) is 12.6.